The minimum absolute atomic E-state index is 0.0542. The number of aliphatic hydroxyl groups excluding tert-OH is 1. The second-order valence-electron chi connectivity index (χ2n) is 6.45. The van der Waals surface area contributed by atoms with E-state index in [-0.39, 0.29) is 36.1 Å². The third-order valence-corrected chi connectivity index (χ3v) is 4.70. The lowest BCUT2D eigenvalue weighted by Crippen LogP contribution is -2.30. The number of benzene rings is 2. The monoisotopic (exact) mass is 372 g/mol. The Kier molecular flexibility index (Phi) is 4.38. The molecule has 0 saturated carbocycles. The number of rotatable bonds is 5. The number of imidazole rings is 1. The summed E-state index contributed by atoms with van der Waals surface area (Å²) in [6.45, 7) is 0.162. The van der Waals surface area contributed by atoms with Crippen molar-refractivity contribution in [2.45, 2.75) is 12.8 Å². The van der Waals surface area contributed by atoms with E-state index < -0.39 is 0 Å². The molecule has 2 aromatic carbocycles. The molecule has 3 aromatic rings. The average molecular weight is 372 g/mol. The van der Waals surface area contributed by atoms with E-state index in [2.05, 4.69) is 9.97 Å². The molecule has 2 N–H and O–H groups in total. The van der Waals surface area contributed by atoms with Gasteiger partial charge in [0.1, 0.15) is 17.4 Å². The van der Waals surface area contributed by atoms with Gasteiger partial charge in [0.2, 0.25) is 0 Å². The quantitative estimate of drug-likeness (QED) is 0.405. The molecule has 1 aromatic heterocycles. The molecule has 2 heterocycles. The van der Waals surface area contributed by atoms with Crippen LogP contribution in [0.25, 0.3) is 16.6 Å². The Morgan fingerprint density at radius 2 is 1.71 bits per heavy atom. The minimum atomic E-state index is -0.332. The number of carbonyl (C=O) groups excluding carboxylic acids is 2. The second kappa shape index (κ2) is 7.00. The van der Waals surface area contributed by atoms with Gasteiger partial charge >= 0.3 is 0 Å². The van der Waals surface area contributed by atoms with Gasteiger partial charge in [-0.2, -0.15) is 5.26 Å². The van der Waals surface area contributed by atoms with Gasteiger partial charge in [0, 0.05) is 13.0 Å². The number of hydrogen-bond acceptors (Lipinski definition) is 5. The Labute approximate surface area is 160 Å². The molecule has 7 nitrogen and oxygen atoms in total. The Hall–Kier alpha value is -3.92. The molecule has 0 saturated heterocycles. The summed E-state index contributed by atoms with van der Waals surface area (Å²) in [5.74, 6) is -0.496. The number of aromatic nitrogens is 2. The number of aliphatic hydroxyl groups is 1. The zero-order chi connectivity index (χ0) is 19.7. The van der Waals surface area contributed by atoms with Gasteiger partial charge in [-0.05, 0) is 30.7 Å². The minimum Gasteiger partial charge on any atom is -0.511 e. The largest absolute Gasteiger partial charge is 0.511 e. The number of allylic oxidation sites excluding steroid dienone is 2. The molecule has 0 unspecified atom stereocenters. The predicted molar refractivity (Wildman–Crippen MR) is 102 cm³/mol. The molecule has 1 aliphatic rings. The van der Waals surface area contributed by atoms with Gasteiger partial charge in [-0.25, -0.2) is 4.98 Å². The molecule has 4 rings (SSSR count). The molecular weight excluding hydrogens is 356 g/mol. The first-order valence-corrected chi connectivity index (χ1v) is 8.82. The SMILES string of the molecule is N#CC(=C(O)CCCN1C(=O)c2ccccc2C1=O)c1nc2ccccc2[nH]1. The first-order chi connectivity index (χ1) is 13.6. The van der Waals surface area contributed by atoms with Crippen molar-refractivity contribution in [3.8, 4) is 6.07 Å². The van der Waals surface area contributed by atoms with Crippen LogP contribution in [0.5, 0.6) is 0 Å². The van der Waals surface area contributed by atoms with Crippen LogP contribution in [0.15, 0.2) is 54.3 Å². The van der Waals surface area contributed by atoms with Crippen molar-refractivity contribution in [2.75, 3.05) is 6.54 Å². The second-order valence-corrected chi connectivity index (χ2v) is 6.45. The van der Waals surface area contributed by atoms with E-state index >= 15 is 0 Å². The van der Waals surface area contributed by atoms with Crippen LogP contribution < -0.4 is 0 Å². The van der Waals surface area contributed by atoms with Crippen molar-refractivity contribution in [3.63, 3.8) is 0 Å². The van der Waals surface area contributed by atoms with Gasteiger partial charge in [0.15, 0.2) is 5.82 Å². The zero-order valence-corrected chi connectivity index (χ0v) is 14.8. The fourth-order valence-corrected chi connectivity index (χ4v) is 3.30. The summed E-state index contributed by atoms with van der Waals surface area (Å²) in [4.78, 5) is 33.2. The molecule has 28 heavy (non-hydrogen) atoms. The number of para-hydroxylation sites is 2. The molecular formula is C21H16N4O3. The number of hydrogen-bond donors (Lipinski definition) is 2. The number of nitrogens with one attached hydrogen (secondary N) is 1. The lowest BCUT2D eigenvalue weighted by atomic mass is 10.1. The van der Waals surface area contributed by atoms with Crippen LogP contribution in [0.1, 0.15) is 39.4 Å². The molecule has 0 atom stereocenters. The summed E-state index contributed by atoms with van der Waals surface area (Å²) in [7, 11) is 0. The van der Waals surface area contributed by atoms with Gasteiger partial charge in [-0.15, -0.1) is 0 Å². The highest BCUT2D eigenvalue weighted by Gasteiger charge is 2.34. The summed E-state index contributed by atoms with van der Waals surface area (Å²) in [5, 5.41) is 19.8. The lowest BCUT2D eigenvalue weighted by Gasteiger charge is -2.13. The number of nitrogens with zero attached hydrogens (tertiary/aromatic N) is 3. The number of aromatic amines is 1. The summed E-state index contributed by atoms with van der Waals surface area (Å²) >= 11 is 0. The molecule has 0 bridgehead atoms. The highest BCUT2D eigenvalue weighted by atomic mass is 16.3. The standard InChI is InChI=1S/C21H16N4O3/c22-12-15(19-23-16-8-3-4-9-17(16)24-19)18(26)10-5-11-25-20(27)13-6-1-2-7-14(13)21(25)28/h1-4,6-9,26H,5,10-11H2,(H,23,24). The fraction of sp³-hybridized carbons (Fsp3) is 0.143. The smallest absolute Gasteiger partial charge is 0.261 e. The lowest BCUT2D eigenvalue weighted by molar-refractivity contribution is 0.0651. The molecule has 0 spiro atoms. The number of H-pyrrole nitrogens is 1. The van der Waals surface area contributed by atoms with Gasteiger partial charge in [0.25, 0.3) is 11.8 Å². The molecule has 1 aliphatic heterocycles. The van der Waals surface area contributed by atoms with Crippen molar-refractivity contribution >= 4 is 28.4 Å². The molecule has 0 aliphatic carbocycles. The van der Waals surface area contributed by atoms with E-state index in [0.29, 0.717) is 28.9 Å². The van der Waals surface area contributed by atoms with Crippen LogP contribution in [0, 0.1) is 11.3 Å². The van der Waals surface area contributed by atoms with Gasteiger partial charge < -0.3 is 10.1 Å². The average Bonchev–Trinajstić information content (AvgIpc) is 3.23. The highest BCUT2D eigenvalue weighted by Crippen LogP contribution is 2.24. The molecule has 0 radical (unpaired) electrons. The van der Waals surface area contributed by atoms with Gasteiger partial charge in [-0.1, -0.05) is 24.3 Å². The molecule has 7 heteroatoms. The first kappa shape index (κ1) is 17.5. The zero-order valence-electron chi connectivity index (χ0n) is 14.8. The number of fused-ring (bicyclic) bond motifs is 2. The van der Waals surface area contributed by atoms with Crippen LogP contribution in [0.4, 0.5) is 0 Å². The summed E-state index contributed by atoms with van der Waals surface area (Å²) in [5.41, 5.74) is 2.31. The Morgan fingerprint density at radius 1 is 1.07 bits per heavy atom. The number of imide groups is 1. The van der Waals surface area contributed by atoms with Gasteiger partial charge in [0.05, 0.1) is 22.2 Å². The van der Waals surface area contributed by atoms with E-state index in [0.717, 1.165) is 5.52 Å². The molecule has 138 valence electrons. The van der Waals surface area contributed by atoms with E-state index in [1.807, 2.05) is 30.3 Å². The summed E-state index contributed by atoms with van der Waals surface area (Å²) in [6.07, 6.45) is 0.482. The van der Waals surface area contributed by atoms with Gasteiger partial charge in [-0.3, -0.25) is 14.5 Å². The van der Waals surface area contributed by atoms with Crippen LogP contribution in [-0.2, 0) is 0 Å². The van der Waals surface area contributed by atoms with Crippen molar-refractivity contribution in [3.05, 3.63) is 71.2 Å². The molecule has 0 fully saturated rings. The fourth-order valence-electron chi connectivity index (χ4n) is 3.30. The maximum atomic E-state index is 12.4. The maximum absolute atomic E-state index is 12.4. The number of amides is 2. The van der Waals surface area contributed by atoms with Crippen LogP contribution in [-0.4, -0.2) is 38.3 Å². The molecule has 2 amide bonds. The first-order valence-electron chi connectivity index (χ1n) is 8.82. The predicted octanol–water partition coefficient (Wildman–Crippen LogP) is 3.43. The third kappa shape index (κ3) is 2.91. The van der Waals surface area contributed by atoms with Crippen molar-refractivity contribution in [2.24, 2.45) is 0 Å². The Balaban J connectivity index is 1.47. The van der Waals surface area contributed by atoms with E-state index in [1.54, 1.807) is 24.3 Å². The number of nitriles is 1. The van der Waals surface area contributed by atoms with Crippen molar-refractivity contribution in [1.82, 2.24) is 14.9 Å². The topological polar surface area (TPSA) is 110 Å². The maximum Gasteiger partial charge on any atom is 0.261 e. The number of carbonyl (C=O) groups is 2. The summed E-state index contributed by atoms with van der Waals surface area (Å²) in [6, 6.07) is 16.0. The third-order valence-electron chi connectivity index (χ3n) is 4.70. The summed E-state index contributed by atoms with van der Waals surface area (Å²) < 4.78 is 0. The Bertz CT molecular complexity index is 1100. The van der Waals surface area contributed by atoms with Crippen molar-refractivity contribution < 1.29 is 14.7 Å². The van der Waals surface area contributed by atoms with E-state index in [1.165, 1.54) is 4.90 Å². The van der Waals surface area contributed by atoms with Crippen LogP contribution in [0.2, 0.25) is 0 Å². The Morgan fingerprint density at radius 3 is 2.36 bits per heavy atom. The van der Waals surface area contributed by atoms with E-state index in [9.17, 15) is 20.0 Å². The normalized spacial score (nSPS) is 14.2. The highest BCUT2D eigenvalue weighted by molar-refractivity contribution is 6.21. The van der Waals surface area contributed by atoms with Crippen molar-refractivity contribution in [1.29, 1.82) is 5.26 Å². The van der Waals surface area contributed by atoms with Crippen LogP contribution >= 0.6 is 0 Å². The van der Waals surface area contributed by atoms with Crippen LogP contribution in [0.3, 0.4) is 0 Å². The van der Waals surface area contributed by atoms with E-state index in [4.69, 9.17) is 0 Å².